The first-order valence-corrected chi connectivity index (χ1v) is 12.0. The number of aromatic nitrogens is 5. The van der Waals surface area contributed by atoms with Crippen LogP contribution in [0.2, 0.25) is 15.6 Å². The Hall–Kier alpha value is -4.38. The molecule has 2 aromatic heterocycles. The summed E-state index contributed by atoms with van der Waals surface area (Å²) in [5, 5.41) is 26.5. The molecule has 0 aliphatic heterocycles. The standard InChI is InChI=1S/C25H15Cl3N8O2/c26-15-12-10-14(11-13-15)19-20(34-33-18-9-5-4-8-17(18)22(37)38)21(29-25-31-23(27)30-24(28)32-25)36(35-19)16-6-2-1-3-7-16/h1-13H,(H,37,38)(H,29,30,31,32). The summed E-state index contributed by atoms with van der Waals surface area (Å²) < 4.78 is 1.59. The molecule has 5 rings (SSSR count). The first kappa shape index (κ1) is 25.3. The fourth-order valence-electron chi connectivity index (χ4n) is 3.51. The average molecular weight is 566 g/mol. The van der Waals surface area contributed by atoms with Gasteiger partial charge in [0.25, 0.3) is 0 Å². The molecule has 0 aliphatic rings. The van der Waals surface area contributed by atoms with Crippen LogP contribution in [-0.4, -0.2) is 35.8 Å². The second kappa shape index (κ2) is 10.9. The Balaban J connectivity index is 1.75. The second-order valence-electron chi connectivity index (χ2n) is 7.64. The zero-order valence-corrected chi connectivity index (χ0v) is 21.4. The number of para-hydroxylation sites is 1. The topological polar surface area (TPSA) is 131 Å². The number of rotatable bonds is 7. The van der Waals surface area contributed by atoms with Crippen molar-refractivity contribution in [2.24, 2.45) is 10.2 Å². The molecule has 38 heavy (non-hydrogen) atoms. The molecule has 0 aliphatic carbocycles. The first-order chi connectivity index (χ1) is 18.4. The summed E-state index contributed by atoms with van der Waals surface area (Å²) >= 11 is 18.1. The van der Waals surface area contributed by atoms with E-state index in [9.17, 15) is 9.90 Å². The monoisotopic (exact) mass is 564 g/mol. The number of aromatic carboxylic acids is 1. The maximum absolute atomic E-state index is 11.7. The summed E-state index contributed by atoms with van der Waals surface area (Å²) in [5.41, 5.74) is 2.21. The summed E-state index contributed by atoms with van der Waals surface area (Å²) in [7, 11) is 0. The molecule has 0 unspecified atom stereocenters. The SMILES string of the molecule is O=C(O)c1ccccc1N=Nc1c(-c2ccc(Cl)cc2)nn(-c2ccccc2)c1Nc1nc(Cl)nc(Cl)n1. The van der Waals surface area contributed by atoms with Crippen LogP contribution in [0.5, 0.6) is 0 Å². The van der Waals surface area contributed by atoms with Crippen LogP contribution in [-0.2, 0) is 0 Å². The van der Waals surface area contributed by atoms with E-state index in [0.717, 1.165) is 0 Å². The van der Waals surface area contributed by atoms with Crippen LogP contribution in [0, 0.1) is 0 Å². The van der Waals surface area contributed by atoms with Crippen LogP contribution in [0.1, 0.15) is 10.4 Å². The highest BCUT2D eigenvalue weighted by Crippen LogP contribution is 2.40. The van der Waals surface area contributed by atoms with Crippen molar-refractivity contribution >= 4 is 63.9 Å². The van der Waals surface area contributed by atoms with Gasteiger partial charge in [0.05, 0.1) is 11.3 Å². The molecule has 0 atom stereocenters. The quantitative estimate of drug-likeness (QED) is 0.195. The van der Waals surface area contributed by atoms with E-state index in [0.29, 0.717) is 27.8 Å². The summed E-state index contributed by atoms with van der Waals surface area (Å²) in [6, 6.07) is 22.5. The Kier molecular flexibility index (Phi) is 7.27. The van der Waals surface area contributed by atoms with Crippen molar-refractivity contribution in [3.63, 3.8) is 0 Å². The Morgan fingerprint density at radius 3 is 2.16 bits per heavy atom. The zero-order chi connectivity index (χ0) is 26.6. The number of hydrogen-bond acceptors (Lipinski definition) is 8. The van der Waals surface area contributed by atoms with Gasteiger partial charge in [-0.25, -0.2) is 9.48 Å². The van der Waals surface area contributed by atoms with Crippen molar-refractivity contribution in [3.8, 4) is 16.9 Å². The van der Waals surface area contributed by atoms with Gasteiger partial charge < -0.3 is 10.4 Å². The van der Waals surface area contributed by atoms with Crippen molar-refractivity contribution < 1.29 is 9.90 Å². The zero-order valence-electron chi connectivity index (χ0n) is 19.1. The normalized spacial score (nSPS) is 11.1. The number of carboxylic acid groups (broad SMARTS) is 1. The minimum atomic E-state index is -1.13. The number of hydrogen-bond donors (Lipinski definition) is 2. The maximum Gasteiger partial charge on any atom is 0.337 e. The van der Waals surface area contributed by atoms with Crippen molar-refractivity contribution in [1.29, 1.82) is 0 Å². The highest BCUT2D eigenvalue weighted by molar-refractivity contribution is 6.31. The van der Waals surface area contributed by atoms with Gasteiger partial charge in [-0.15, -0.1) is 10.2 Å². The molecule has 5 aromatic rings. The van der Waals surface area contributed by atoms with E-state index in [4.69, 9.17) is 39.9 Å². The lowest BCUT2D eigenvalue weighted by Gasteiger charge is -2.09. The molecule has 188 valence electrons. The van der Waals surface area contributed by atoms with Gasteiger partial charge in [0.1, 0.15) is 11.4 Å². The van der Waals surface area contributed by atoms with Gasteiger partial charge in [0.2, 0.25) is 16.5 Å². The molecule has 0 spiro atoms. The Morgan fingerprint density at radius 2 is 1.47 bits per heavy atom. The van der Waals surface area contributed by atoms with Crippen LogP contribution in [0.15, 0.2) is 89.1 Å². The van der Waals surface area contributed by atoms with Gasteiger partial charge >= 0.3 is 5.97 Å². The number of anilines is 2. The molecule has 0 saturated heterocycles. The third-order valence-corrected chi connectivity index (χ3v) is 5.77. The van der Waals surface area contributed by atoms with E-state index < -0.39 is 5.97 Å². The number of nitrogens with one attached hydrogen (secondary N) is 1. The molecule has 0 fully saturated rings. The van der Waals surface area contributed by atoms with Crippen LogP contribution in [0.4, 0.5) is 23.1 Å². The molecule has 10 nitrogen and oxygen atoms in total. The molecule has 13 heteroatoms. The molecule has 2 heterocycles. The summed E-state index contributed by atoms with van der Waals surface area (Å²) in [5.74, 6) is -0.779. The number of benzene rings is 3. The van der Waals surface area contributed by atoms with Crippen molar-refractivity contribution in [3.05, 3.63) is 100 Å². The molecule has 0 saturated carbocycles. The summed E-state index contributed by atoms with van der Waals surface area (Å²) in [6.07, 6.45) is 0. The van der Waals surface area contributed by atoms with Crippen LogP contribution in [0.3, 0.4) is 0 Å². The lowest BCUT2D eigenvalue weighted by atomic mass is 10.1. The smallest absolute Gasteiger partial charge is 0.337 e. The predicted octanol–water partition coefficient (Wildman–Crippen LogP) is 7.54. The molecular formula is C25H15Cl3N8O2. The van der Waals surface area contributed by atoms with E-state index in [-0.39, 0.29) is 33.5 Å². The Morgan fingerprint density at radius 1 is 0.816 bits per heavy atom. The van der Waals surface area contributed by atoms with E-state index in [1.54, 1.807) is 47.1 Å². The van der Waals surface area contributed by atoms with Gasteiger partial charge in [-0.05, 0) is 59.6 Å². The molecule has 0 radical (unpaired) electrons. The average Bonchev–Trinajstić information content (AvgIpc) is 3.25. The van der Waals surface area contributed by atoms with E-state index in [1.165, 1.54) is 6.07 Å². The Labute approximate surface area is 230 Å². The molecular weight excluding hydrogens is 551 g/mol. The highest BCUT2D eigenvalue weighted by atomic mass is 35.5. The molecule has 3 aromatic carbocycles. The fourth-order valence-corrected chi connectivity index (χ4v) is 4.00. The number of halogens is 3. The van der Waals surface area contributed by atoms with Crippen molar-refractivity contribution in [2.75, 3.05) is 5.32 Å². The summed E-state index contributed by atoms with van der Waals surface area (Å²) in [4.78, 5) is 23.7. The number of carboxylic acids is 1. The lowest BCUT2D eigenvalue weighted by molar-refractivity contribution is 0.0697. The molecule has 0 amide bonds. The van der Waals surface area contributed by atoms with Gasteiger partial charge in [0, 0.05) is 10.6 Å². The van der Waals surface area contributed by atoms with E-state index in [2.05, 4.69) is 30.5 Å². The van der Waals surface area contributed by atoms with Gasteiger partial charge in [0.15, 0.2) is 11.5 Å². The molecule has 0 bridgehead atoms. The van der Waals surface area contributed by atoms with Gasteiger partial charge in [-0.3, -0.25) is 0 Å². The van der Waals surface area contributed by atoms with Crippen LogP contribution >= 0.6 is 34.8 Å². The minimum Gasteiger partial charge on any atom is -0.478 e. The first-order valence-electron chi connectivity index (χ1n) is 10.9. The maximum atomic E-state index is 11.7. The minimum absolute atomic E-state index is 0.00900. The van der Waals surface area contributed by atoms with Crippen molar-refractivity contribution in [2.45, 2.75) is 0 Å². The Bertz CT molecular complexity index is 1640. The lowest BCUT2D eigenvalue weighted by Crippen LogP contribution is -2.05. The van der Waals surface area contributed by atoms with E-state index in [1.807, 2.05) is 30.3 Å². The fraction of sp³-hybridized carbons (Fsp3) is 0. The molecule has 2 N–H and O–H groups in total. The largest absolute Gasteiger partial charge is 0.478 e. The number of carbonyl (C=O) groups is 1. The van der Waals surface area contributed by atoms with E-state index >= 15 is 0 Å². The van der Waals surface area contributed by atoms with Crippen LogP contribution in [0.25, 0.3) is 16.9 Å². The van der Waals surface area contributed by atoms with Gasteiger partial charge in [-0.2, -0.15) is 20.1 Å². The van der Waals surface area contributed by atoms with Crippen molar-refractivity contribution in [1.82, 2.24) is 24.7 Å². The number of azo groups is 1. The summed E-state index contributed by atoms with van der Waals surface area (Å²) in [6.45, 7) is 0. The highest BCUT2D eigenvalue weighted by Gasteiger charge is 2.23. The third-order valence-electron chi connectivity index (χ3n) is 5.18. The third kappa shape index (κ3) is 5.47. The van der Waals surface area contributed by atoms with Gasteiger partial charge in [-0.1, -0.05) is 54.1 Å². The second-order valence-corrected chi connectivity index (χ2v) is 8.76. The predicted molar refractivity (Wildman–Crippen MR) is 145 cm³/mol. The number of nitrogens with zero attached hydrogens (tertiary/aromatic N) is 7. The van der Waals surface area contributed by atoms with Crippen LogP contribution < -0.4 is 5.32 Å².